The van der Waals surface area contributed by atoms with E-state index in [4.69, 9.17) is 15.2 Å². The van der Waals surface area contributed by atoms with E-state index in [1.165, 1.54) is 0 Å². The quantitative estimate of drug-likeness (QED) is 0.751. The molecule has 0 radical (unpaired) electrons. The number of para-hydroxylation sites is 2. The zero-order chi connectivity index (χ0) is 12.1. The highest BCUT2D eigenvalue weighted by Gasteiger charge is 2.24. The van der Waals surface area contributed by atoms with Gasteiger partial charge in [0.25, 0.3) is 5.91 Å². The number of anilines is 1. The number of nitrogens with two attached hydrogens (primary N) is 1. The Morgan fingerprint density at radius 3 is 3.00 bits per heavy atom. The third kappa shape index (κ3) is 2.75. The fourth-order valence-electron chi connectivity index (χ4n) is 1.74. The van der Waals surface area contributed by atoms with Crippen molar-refractivity contribution in [1.82, 2.24) is 0 Å². The predicted octanol–water partition coefficient (Wildman–Crippen LogP) is 0.387. The Hall–Kier alpha value is -1.59. The third-order valence-corrected chi connectivity index (χ3v) is 2.53. The van der Waals surface area contributed by atoms with Crippen LogP contribution in [0.2, 0.25) is 0 Å². The van der Waals surface area contributed by atoms with Gasteiger partial charge in [0.05, 0.1) is 18.9 Å². The van der Waals surface area contributed by atoms with Crippen molar-refractivity contribution in [2.45, 2.75) is 0 Å². The van der Waals surface area contributed by atoms with Crippen LogP contribution in [0, 0.1) is 0 Å². The summed E-state index contributed by atoms with van der Waals surface area (Å²) >= 11 is 0. The Bertz CT molecular complexity index is 395. The van der Waals surface area contributed by atoms with E-state index in [9.17, 15) is 4.79 Å². The zero-order valence-corrected chi connectivity index (χ0v) is 9.59. The van der Waals surface area contributed by atoms with E-state index >= 15 is 0 Å². The summed E-state index contributed by atoms with van der Waals surface area (Å²) < 4.78 is 10.6. The molecule has 1 heterocycles. The van der Waals surface area contributed by atoms with Gasteiger partial charge >= 0.3 is 0 Å². The number of carbonyl (C=O) groups is 1. The van der Waals surface area contributed by atoms with Crippen molar-refractivity contribution >= 4 is 11.6 Å². The van der Waals surface area contributed by atoms with Gasteiger partial charge in [-0.05, 0) is 12.1 Å². The van der Waals surface area contributed by atoms with Crippen LogP contribution in [0.4, 0.5) is 5.69 Å². The Morgan fingerprint density at radius 2 is 2.18 bits per heavy atom. The van der Waals surface area contributed by atoms with Crippen LogP contribution in [0.1, 0.15) is 0 Å². The Kier molecular flexibility index (Phi) is 3.95. The molecule has 0 aromatic heterocycles. The van der Waals surface area contributed by atoms with Crippen LogP contribution in [0.5, 0.6) is 5.75 Å². The Balaban J connectivity index is 2.02. The van der Waals surface area contributed by atoms with Gasteiger partial charge in [-0.15, -0.1) is 0 Å². The number of hydrogen-bond donors (Lipinski definition) is 1. The molecular formula is C12H16N2O3. The second-order valence-corrected chi connectivity index (χ2v) is 3.70. The first-order chi connectivity index (χ1) is 8.33. The highest BCUT2D eigenvalue weighted by atomic mass is 16.5. The van der Waals surface area contributed by atoms with E-state index in [1.54, 1.807) is 4.90 Å². The summed E-state index contributed by atoms with van der Waals surface area (Å²) in [6, 6.07) is 7.50. The fraction of sp³-hybridized carbons (Fsp3) is 0.417. The van der Waals surface area contributed by atoms with E-state index in [1.807, 2.05) is 24.3 Å². The highest BCUT2D eigenvalue weighted by Crippen LogP contribution is 2.30. The molecule has 5 heteroatoms. The summed E-state index contributed by atoms with van der Waals surface area (Å²) in [6.07, 6.45) is 0. The van der Waals surface area contributed by atoms with Crippen LogP contribution in [0.3, 0.4) is 0 Å². The standard InChI is InChI=1S/C12H16N2O3/c13-5-7-16-8-6-14-10-3-1-2-4-11(10)17-9-12(14)15/h1-4H,5-9,13H2. The smallest absolute Gasteiger partial charge is 0.265 e. The molecule has 1 aromatic carbocycles. The molecule has 17 heavy (non-hydrogen) atoms. The molecular weight excluding hydrogens is 220 g/mol. The maximum Gasteiger partial charge on any atom is 0.265 e. The molecule has 0 aliphatic carbocycles. The van der Waals surface area contributed by atoms with Gasteiger partial charge < -0.3 is 20.1 Å². The van der Waals surface area contributed by atoms with E-state index < -0.39 is 0 Å². The summed E-state index contributed by atoms with van der Waals surface area (Å²) in [5.74, 6) is 0.700. The molecule has 0 atom stereocenters. The minimum atomic E-state index is -0.0416. The van der Waals surface area contributed by atoms with Crippen LogP contribution >= 0.6 is 0 Å². The number of ether oxygens (including phenoxy) is 2. The molecule has 5 nitrogen and oxygen atoms in total. The van der Waals surface area contributed by atoms with Gasteiger partial charge in [0, 0.05) is 13.1 Å². The largest absolute Gasteiger partial charge is 0.482 e. The third-order valence-electron chi connectivity index (χ3n) is 2.53. The molecule has 1 aromatic rings. The van der Waals surface area contributed by atoms with Crippen LogP contribution in [0.15, 0.2) is 24.3 Å². The van der Waals surface area contributed by atoms with Crippen molar-refractivity contribution in [2.24, 2.45) is 5.73 Å². The summed E-state index contributed by atoms with van der Waals surface area (Å²) in [7, 11) is 0. The van der Waals surface area contributed by atoms with Crippen molar-refractivity contribution in [1.29, 1.82) is 0 Å². The predicted molar refractivity (Wildman–Crippen MR) is 64.2 cm³/mol. The maximum absolute atomic E-state index is 11.7. The number of amides is 1. The first-order valence-corrected chi connectivity index (χ1v) is 5.63. The SMILES string of the molecule is NCCOCCN1C(=O)COc2ccccc21. The zero-order valence-electron chi connectivity index (χ0n) is 9.59. The summed E-state index contributed by atoms with van der Waals surface area (Å²) in [4.78, 5) is 13.4. The lowest BCUT2D eigenvalue weighted by Crippen LogP contribution is -2.40. The molecule has 0 saturated carbocycles. The second-order valence-electron chi connectivity index (χ2n) is 3.70. The maximum atomic E-state index is 11.7. The average Bonchev–Trinajstić information content (AvgIpc) is 2.37. The molecule has 2 rings (SSSR count). The molecule has 2 N–H and O–H groups in total. The number of rotatable bonds is 5. The normalized spacial score (nSPS) is 14.4. The van der Waals surface area contributed by atoms with E-state index in [0.717, 1.165) is 11.4 Å². The molecule has 0 fully saturated rings. The average molecular weight is 236 g/mol. The summed E-state index contributed by atoms with van der Waals surface area (Å²) in [5, 5.41) is 0. The monoisotopic (exact) mass is 236 g/mol. The van der Waals surface area contributed by atoms with Gasteiger partial charge in [0.2, 0.25) is 0 Å². The van der Waals surface area contributed by atoms with Gasteiger partial charge in [-0.2, -0.15) is 0 Å². The number of benzene rings is 1. The van der Waals surface area contributed by atoms with Crippen LogP contribution < -0.4 is 15.4 Å². The molecule has 0 unspecified atom stereocenters. The van der Waals surface area contributed by atoms with Gasteiger partial charge in [0.15, 0.2) is 6.61 Å². The minimum Gasteiger partial charge on any atom is -0.482 e. The van der Waals surface area contributed by atoms with E-state index in [0.29, 0.717) is 26.3 Å². The number of fused-ring (bicyclic) bond motifs is 1. The molecule has 0 saturated heterocycles. The van der Waals surface area contributed by atoms with Crippen molar-refractivity contribution in [3.05, 3.63) is 24.3 Å². The van der Waals surface area contributed by atoms with Gasteiger partial charge in [-0.3, -0.25) is 4.79 Å². The Morgan fingerprint density at radius 1 is 1.35 bits per heavy atom. The fourth-order valence-corrected chi connectivity index (χ4v) is 1.74. The number of hydrogen-bond acceptors (Lipinski definition) is 4. The molecule has 92 valence electrons. The Labute approximate surface area is 100 Å². The van der Waals surface area contributed by atoms with Crippen LogP contribution in [-0.4, -0.2) is 38.8 Å². The first kappa shape index (κ1) is 11.9. The summed E-state index contributed by atoms with van der Waals surface area (Å²) in [5.41, 5.74) is 6.13. The number of nitrogens with zero attached hydrogens (tertiary/aromatic N) is 1. The second kappa shape index (κ2) is 5.65. The van der Waals surface area contributed by atoms with Crippen molar-refractivity contribution in [3.8, 4) is 5.75 Å². The van der Waals surface area contributed by atoms with Gasteiger partial charge in [0.1, 0.15) is 5.75 Å². The van der Waals surface area contributed by atoms with Crippen LogP contribution in [0.25, 0.3) is 0 Å². The van der Waals surface area contributed by atoms with Crippen molar-refractivity contribution < 1.29 is 14.3 Å². The van der Waals surface area contributed by atoms with Crippen LogP contribution in [-0.2, 0) is 9.53 Å². The molecule has 1 amide bonds. The minimum absolute atomic E-state index is 0.0416. The number of carbonyl (C=O) groups excluding carboxylic acids is 1. The lowest BCUT2D eigenvalue weighted by atomic mass is 10.2. The molecule has 0 bridgehead atoms. The molecule has 0 spiro atoms. The lowest BCUT2D eigenvalue weighted by Gasteiger charge is -2.29. The van der Waals surface area contributed by atoms with E-state index in [-0.39, 0.29) is 12.5 Å². The van der Waals surface area contributed by atoms with Gasteiger partial charge in [-0.1, -0.05) is 12.1 Å². The molecule has 1 aliphatic rings. The lowest BCUT2D eigenvalue weighted by molar-refractivity contribution is -0.121. The van der Waals surface area contributed by atoms with Gasteiger partial charge in [-0.25, -0.2) is 0 Å². The highest BCUT2D eigenvalue weighted by molar-refractivity contribution is 5.97. The topological polar surface area (TPSA) is 64.8 Å². The van der Waals surface area contributed by atoms with E-state index in [2.05, 4.69) is 0 Å². The molecule has 1 aliphatic heterocycles. The van der Waals surface area contributed by atoms with Crippen molar-refractivity contribution in [2.75, 3.05) is 37.8 Å². The first-order valence-electron chi connectivity index (χ1n) is 5.63. The summed E-state index contributed by atoms with van der Waals surface area (Å²) in [6.45, 7) is 2.11. The van der Waals surface area contributed by atoms with Crippen molar-refractivity contribution in [3.63, 3.8) is 0 Å².